The molecule has 0 fully saturated rings. The van der Waals surface area contributed by atoms with Gasteiger partial charge in [0, 0.05) is 6.20 Å². The van der Waals surface area contributed by atoms with Crippen molar-refractivity contribution in [3.63, 3.8) is 0 Å². The summed E-state index contributed by atoms with van der Waals surface area (Å²) in [5, 5.41) is 12.5. The van der Waals surface area contributed by atoms with Gasteiger partial charge in [-0.3, -0.25) is 9.78 Å². The van der Waals surface area contributed by atoms with Gasteiger partial charge in [-0.05, 0) is 73.0 Å². The van der Waals surface area contributed by atoms with Crippen molar-refractivity contribution in [3.05, 3.63) is 93.8 Å². The van der Waals surface area contributed by atoms with E-state index >= 15 is 0 Å². The summed E-state index contributed by atoms with van der Waals surface area (Å²) in [5.41, 5.74) is 3.82. The van der Waals surface area contributed by atoms with E-state index in [2.05, 4.69) is 10.3 Å². The zero-order valence-corrected chi connectivity index (χ0v) is 17.4. The van der Waals surface area contributed by atoms with E-state index in [9.17, 15) is 10.1 Å². The second kappa shape index (κ2) is 9.73. The number of ether oxygens (including phenoxy) is 1. The molecule has 150 valence electrons. The maximum absolute atomic E-state index is 12.5. The van der Waals surface area contributed by atoms with Crippen molar-refractivity contribution in [2.75, 3.05) is 5.32 Å². The Bertz CT molecular complexity index is 1110. The topological polar surface area (TPSA) is 75.0 Å². The standard InChI is InChI=1S/C24H20ClN3O2/c1-16-11-18(12-17(2)23(16)30-15-20-7-5-6-10-27-20)13-19(14-26)24(29)28-22-9-4-3-8-21(22)25/h3-13H,15H2,1-2H3,(H,28,29). The predicted molar refractivity (Wildman–Crippen MR) is 118 cm³/mol. The lowest BCUT2D eigenvalue weighted by Gasteiger charge is -2.13. The van der Waals surface area contributed by atoms with Gasteiger partial charge in [0.25, 0.3) is 5.91 Å². The van der Waals surface area contributed by atoms with E-state index in [4.69, 9.17) is 16.3 Å². The summed E-state index contributed by atoms with van der Waals surface area (Å²) < 4.78 is 5.94. The highest BCUT2D eigenvalue weighted by atomic mass is 35.5. The van der Waals surface area contributed by atoms with Crippen LogP contribution in [0.25, 0.3) is 6.08 Å². The molecule has 30 heavy (non-hydrogen) atoms. The van der Waals surface area contributed by atoms with E-state index in [1.165, 1.54) is 0 Å². The molecule has 6 heteroatoms. The Balaban J connectivity index is 1.79. The first-order valence-corrected chi connectivity index (χ1v) is 9.67. The van der Waals surface area contributed by atoms with E-state index in [0.29, 0.717) is 17.3 Å². The molecule has 0 saturated heterocycles. The molecule has 0 saturated carbocycles. The highest BCUT2D eigenvalue weighted by Gasteiger charge is 2.13. The molecular formula is C24H20ClN3O2. The van der Waals surface area contributed by atoms with Crippen LogP contribution in [0.15, 0.2) is 66.4 Å². The summed E-state index contributed by atoms with van der Waals surface area (Å²) in [7, 11) is 0. The lowest BCUT2D eigenvalue weighted by atomic mass is 10.0. The van der Waals surface area contributed by atoms with Crippen LogP contribution < -0.4 is 10.1 Å². The molecule has 0 radical (unpaired) electrons. The minimum Gasteiger partial charge on any atom is -0.487 e. The fourth-order valence-corrected chi connectivity index (χ4v) is 3.17. The van der Waals surface area contributed by atoms with Gasteiger partial charge in [0.2, 0.25) is 0 Å². The van der Waals surface area contributed by atoms with Crippen molar-refractivity contribution < 1.29 is 9.53 Å². The molecule has 0 spiro atoms. The average Bonchev–Trinajstić information content (AvgIpc) is 2.73. The van der Waals surface area contributed by atoms with Crippen LogP contribution in [0.3, 0.4) is 0 Å². The Morgan fingerprint density at radius 2 is 1.87 bits per heavy atom. The van der Waals surface area contributed by atoms with Crippen LogP contribution in [0, 0.1) is 25.2 Å². The first-order chi connectivity index (χ1) is 14.5. The molecule has 1 N–H and O–H groups in total. The Kier molecular flexibility index (Phi) is 6.84. The lowest BCUT2D eigenvalue weighted by Crippen LogP contribution is -2.13. The van der Waals surface area contributed by atoms with Gasteiger partial charge < -0.3 is 10.1 Å². The van der Waals surface area contributed by atoms with E-state index < -0.39 is 5.91 Å². The van der Waals surface area contributed by atoms with E-state index in [1.807, 2.05) is 50.2 Å². The molecule has 5 nitrogen and oxygen atoms in total. The molecule has 3 aromatic rings. The number of rotatable bonds is 6. The van der Waals surface area contributed by atoms with Gasteiger partial charge in [0.15, 0.2) is 0 Å². The van der Waals surface area contributed by atoms with Crippen LogP contribution in [0.1, 0.15) is 22.4 Å². The summed E-state index contributed by atoms with van der Waals surface area (Å²) >= 11 is 6.07. The fraction of sp³-hybridized carbons (Fsp3) is 0.125. The van der Waals surface area contributed by atoms with Gasteiger partial charge >= 0.3 is 0 Å². The van der Waals surface area contributed by atoms with Gasteiger partial charge in [0.1, 0.15) is 24.0 Å². The highest BCUT2D eigenvalue weighted by molar-refractivity contribution is 6.34. The van der Waals surface area contributed by atoms with Crippen molar-refractivity contribution in [3.8, 4) is 11.8 Å². The van der Waals surface area contributed by atoms with Crippen LogP contribution in [-0.2, 0) is 11.4 Å². The number of pyridine rings is 1. The van der Waals surface area contributed by atoms with Crippen LogP contribution >= 0.6 is 11.6 Å². The Labute approximate surface area is 180 Å². The molecule has 0 aliphatic heterocycles. The summed E-state index contributed by atoms with van der Waals surface area (Å²) in [6.45, 7) is 4.21. The molecule has 1 aromatic heterocycles. The van der Waals surface area contributed by atoms with Crippen molar-refractivity contribution >= 4 is 29.3 Å². The largest absolute Gasteiger partial charge is 0.487 e. The molecule has 3 rings (SSSR count). The maximum Gasteiger partial charge on any atom is 0.266 e. The number of aromatic nitrogens is 1. The first kappa shape index (κ1) is 21.1. The van der Waals surface area contributed by atoms with Crippen LogP contribution in [-0.4, -0.2) is 10.9 Å². The molecule has 0 aliphatic carbocycles. The van der Waals surface area contributed by atoms with Gasteiger partial charge in [-0.1, -0.05) is 29.8 Å². The van der Waals surface area contributed by atoms with Crippen molar-refractivity contribution in [1.82, 2.24) is 4.98 Å². The molecular weight excluding hydrogens is 398 g/mol. The second-order valence-corrected chi connectivity index (χ2v) is 7.10. The number of hydrogen-bond acceptors (Lipinski definition) is 4. The van der Waals surface area contributed by atoms with Crippen LogP contribution in [0.4, 0.5) is 5.69 Å². The van der Waals surface area contributed by atoms with Crippen LogP contribution in [0.5, 0.6) is 5.75 Å². The van der Waals surface area contributed by atoms with Crippen molar-refractivity contribution in [1.29, 1.82) is 5.26 Å². The second-order valence-electron chi connectivity index (χ2n) is 6.70. The third-order valence-electron chi connectivity index (χ3n) is 4.37. The number of carbonyl (C=O) groups is 1. The summed E-state index contributed by atoms with van der Waals surface area (Å²) in [5.74, 6) is 0.244. The predicted octanol–water partition coefficient (Wildman–Crippen LogP) is 5.48. The number of aryl methyl sites for hydroxylation is 2. The zero-order chi connectivity index (χ0) is 21.5. The molecule has 0 unspecified atom stereocenters. The number of hydrogen-bond donors (Lipinski definition) is 1. The van der Waals surface area contributed by atoms with E-state index in [-0.39, 0.29) is 5.57 Å². The van der Waals surface area contributed by atoms with Gasteiger partial charge in [-0.15, -0.1) is 0 Å². The van der Waals surface area contributed by atoms with Crippen molar-refractivity contribution in [2.24, 2.45) is 0 Å². The maximum atomic E-state index is 12.5. The number of nitrogens with one attached hydrogen (secondary N) is 1. The van der Waals surface area contributed by atoms with Crippen LogP contribution in [0.2, 0.25) is 5.02 Å². The number of benzene rings is 2. The summed E-state index contributed by atoms with van der Waals surface area (Å²) in [6, 6.07) is 18.3. The monoisotopic (exact) mass is 417 g/mol. The van der Waals surface area contributed by atoms with E-state index in [0.717, 1.165) is 28.1 Å². The van der Waals surface area contributed by atoms with E-state index in [1.54, 1.807) is 36.5 Å². The quantitative estimate of drug-likeness (QED) is 0.426. The normalized spacial score (nSPS) is 10.9. The third kappa shape index (κ3) is 5.25. The first-order valence-electron chi connectivity index (χ1n) is 9.29. The fourth-order valence-electron chi connectivity index (χ4n) is 2.99. The zero-order valence-electron chi connectivity index (χ0n) is 16.6. The minimum atomic E-state index is -0.517. The molecule has 0 atom stereocenters. The molecule has 0 aliphatic rings. The minimum absolute atomic E-state index is 0.0177. The summed E-state index contributed by atoms with van der Waals surface area (Å²) in [6.07, 6.45) is 3.28. The number of nitriles is 1. The van der Waals surface area contributed by atoms with Gasteiger partial charge in [-0.25, -0.2) is 0 Å². The number of para-hydroxylation sites is 1. The molecule has 0 bridgehead atoms. The SMILES string of the molecule is Cc1cc(C=C(C#N)C(=O)Nc2ccccc2Cl)cc(C)c1OCc1ccccn1. The number of halogens is 1. The number of nitrogens with zero attached hydrogens (tertiary/aromatic N) is 2. The average molecular weight is 418 g/mol. The highest BCUT2D eigenvalue weighted by Crippen LogP contribution is 2.27. The Morgan fingerprint density at radius 1 is 1.17 bits per heavy atom. The third-order valence-corrected chi connectivity index (χ3v) is 4.70. The summed E-state index contributed by atoms with van der Waals surface area (Å²) in [4.78, 5) is 16.8. The molecule has 1 heterocycles. The molecule has 2 aromatic carbocycles. The number of anilines is 1. The number of carbonyl (C=O) groups excluding carboxylic acids is 1. The Hall–Kier alpha value is -3.62. The van der Waals surface area contributed by atoms with Gasteiger partial charge in [-0.2, -0.15) is 5.26 Å². The van der Waals surface area contributed by atoms with Crippen molar-refractivity contribution in [2.45, 2.75) is 20.5 Å². The number of amides is 1. The Morgan fingerprint density at radius 3 is 2.50 bits per heavy atom. The van der Waals surface area contributed by atoms with Gasteiger partial charge in [0.05, 0.1) is 16.4 Å². The molecule has 1 amide bonds. The smallest absolute Gasteiger partial charge is 0.266 e. The lowest BCUT2D eigenvalue weighted by molar-refractivity contribution is -0.112.